The van der Waals surface area contributed by atoms with Gasteiger partial charge in [0.25, 0.3) is 0 Å². The highest BCUT2D eigenvalue weighted by molar-refractivity contribution is 7.26. The molecular weight excluding hydrogens is 953 g/mol. The minimum atomic E-state index is 1.19. The second-order valence-electron chi connectivity index (χ2n) is 19.9. The van der Waals surface area contributed by atoms with Gasteiger partial charge in [0.05, 0.1) is 0 Å². The fourth-order valence-corrected chi connectivity index (χ4v) is 14.3. The number of benzene rings is 13. The van der Waals surface area contributed by atoms with Crippen molar-refractivity contribution in [3.05, 3.63) is 279 Å². The van der Waals surface area contributed by atoms with Gasteiger partial charge in [-0.05, 0) is 161 Å². The van der Waals surface area contributed by atoms with Gasteiger partial charge in [0, 0.05) is 62.2 Å². The zero-order valence-corrected chi connectivity index (χ0v) is 43.0. The van der Waals surface area contributed by atoms with E-state index in [0.717, 1.165) is 0 Å². The normalized spacial score (nSPS) is 11.7. The lowest BCUT2D eigenvalue weighted by atomic mass is 9.87. The summed E-state index contributed by atoms with van der Waals surface area (Å²) in [4.78, 5) is 0. The molecule has 0 saturated carbocycles. The van der Waals surface area contributed by atoms with Gasteiger partial charge in [0.2, 0.25) is 0 Å². The molecule has 0 N–H and O–H groups in total. The maximum atomic E-state index is 2.51. The average Bonchev–Trinajstić information content (AvgIpc) is 3.56. The average molecular weight is 999 g/mol. The lowest BCUT2D eigenvalue weighted by Crippen LogP contribution is -1.92. The maximum absolute atomic E-state index is 2.51. The summed E-state index contributed by atoms with van der Waals surface area (Å²) in [5, 5.41) is 10.4. The van der Waals surface area contributed by atoms with Crippen molar-refractivity contribution in [3.8, 4) is 89.0 Å². The fourth-order valence-electron chi connectivity index (χ4n) is 11.8. The molecule has 0 fully saturated rings. The Balaban J connectivity index is 1.06. The number of hydrogen-bond acceptors (Lipinski definition) is 2. The molecule has 0 saturated heterocycles. The molecular formula is C74H46S2. The number of rotatable bonds is 8. The van der Waals surface area contributed by atoms with E-state index in [-0.39, 0.29) is 0 Å². The Morgan fingerprint density at radius 1 is 0.171 bits per heavy atom. The van der Waals surface area contributed by atoms with Crippen LogP contribution in [-0.2, 0) is 0 Å². The minimum absolute atomic E-state index is 1.19. The lowest BCUT2D eigenvalue weighted by molar-refractivity contribution is 1.57. The van der Waals surface area contributed by atoms with Gasteiger partial charge >= 0.3 is 0 Å². The third-order valence-corrected chi connectivity index (χ3v) is 17.8. The van der Waals surface area contributed by atoms with Crippen molar-refractivity contribution in [1.29, 1.82) is 0 Å². The van der Waals surface area contributed by atoms with Crippen LogP contribution in [-0.4, -0.2) is 0 Å². The summed E-state index contributed by atoms with van der Waals surface area (Å²) in [5.74, 6) is 0. The number of hydrogen-bond donors (Lipinski definition) is 0. The molecule has 0 atom stereocenters. The van der Waals surface area contributed by atoms with E-state index >= 15 is 0 Å². The summed E-state index contributed by atoms with van der Waals surface area (Å²) < 4.78 is 5.16. The van der Waals surface area contributed by atoms with E-state index in [2.05, 4.69) is 279 Å². The van der Waals surface area contributed by atoms with Crippen molar-refractivity contribution >= 4 is 84.6 Å². The third-order valence-electron chi connectivity index (χ3n) is 15.4. The van der Waals surface area contributed by atoms with E-state index < -0.39 is 0 Å². The molecule has 15 aromatic rings. The van der Waals surface area contributed by atoms with E-state index in [1.54, 1.807) is 0 Å². The first-order valence-corrected chi connectivity index (χ1v) is 27.7. The molecule has 2 heterocycles. The Labute approximate surface area is 449 Å². The molecule has 0 aliphatic carbocycles. The van der Waals surface area contributed by atoms with Gasteiger partial charge in [-0.15, -0.1) is 22.7 Å². The molecule has 0 nitrogen and oxygen atoms in total. The van der Waals surface area contributed by atoms with E-state index in [1.807, 2.05) is 22.7 Å². The van der Waals surface area contributed by atoms with Crippen molar-refractivity contribution in [2.75, 3.05) is 0 Å². The first-order valence-electron chi connectivity index (χ1n) is 26.0. The van der Waals surface area contributed by atoms with Gasteiger partial charge in [-0.2, -0.15) is 0 Å². The first-order chi connectivity index (χ1) is 37.7. The van der Waals surface area contributed by atoms with Crippen molar-refractivity contribution in [3.63, 3.8) is 0 Å². The maximum Gasteiger partial charge on any atom is 0.0434 e. The molecule has 0 aliphatic heterocycles. The molecule has 13 aromatic carbocycles. The van der Waals surface area contributed by atoms with Crippen LogP contribution in [0, 0.1) is 0 Å². The summed E-state index contributed by atoms with van der Waals surface area (Å²) in [6.07, 6.45) is 0. The highest BCUT2D eigenvalue weighted by Gasteiger charge is 2.23. The van der Waals surface area contributed by atoms with E-state index in [0.29, 0.717) is 0 Å². The third kappa shape index (κ3) is 7.56. The predicted octanol–water partition coefficient (Wildman–Crippen LogP) is 22.1. The van der Waals surface area contributed by atoms with Crippen molar-refractivity contribution in [2.24, 2.45) is 0 Å². The summed E-state index contributed by atoms with van der Waals surface area (Å²) in [5.41, 5.74) is 19.3. The van der Waals surface area contributed by atoms with Crippen LogP contribution >= 0.6 is 22.7 Å². The predicted molar refractivity (Wildman–Crippen MR) is 331 cm³/mol. The summed E-state index contributed by atoms with van der Waals surface area (Å²) in [6, 6.07) is 104. The topological polar surface area (TPSA) is 0 Å². The van der Waals surface area contributed by atoms with Gasteiger partial charge < -0.3 is 0 Å². The SMILES string of the molecule is c1ccc(-c2cc(-c3ccccc3)cc(-c3cc(-c4ccccc4)c4sc5cccc6c5c(c4c3)c3cccc4sc5c(-c7ccccc7)cc(-c7cc(-c8ccccc8)cc(-c8ccccc8)c7)cc5c6c43)c2)cc1. The van der Waals surface area contributed by atoms with Crippen LogP contribution in [0.4, 0.5) is 0 Å². The van der Waals surface area contributed by atoms with Crippen LogP contribution in [0.15, 0.2) is 279 Å². The van der Waals surface area contributed by atoms with Crippen LogP contribution in [0.3, 0.4) is 0 Å². The second kappa shape index (κ2) is 18.3. The Morgan fingerprint density at radius 2 is 0.434 bits per heavy atom. The Morgan fingerprint density at radius 3 is 0.737 bits per heavy atom. The van der Waals surface area contributed by atoms with Crippen LogP contribution in [0.2, 0.25) is 0 Å². The molecule has 2 heteroatoms. The molecule has 0 aliphatic rings. The van der Waals surface area contributed by atoms with Gasteiger partial charge in [0.1, 0.15) is 0 Å². The highest BCUT2D eigenvalue weighted by Crippen LogP contribution is 2.53. The van der Waals surface area contributed by atoms with Crippen molar-refractivity contribution in [1.82, 2.24) is 0 Å². The van der Waals surface area contributed by atoms with E-state index in [4.69, 9.17) is 0 Å². The second-order valence-corrected chi connectivity index (χ2v) is 22.0. The Kier molecular flexibility index (Phi) is 10.7. The largest absolute Gasteiger partial charge is 0.135 e. The van der Waals surface area contributed by atoms with Crippen LogP contribution < -0.4 is 0 Å². The standard InChI is InChI=1S/C74H46S2/c1-7-21-47(22-8-1)53-37-54(48-23-9-2-10-24-48)40-57(39-53)59-43-63(51-29-15-5-16-30-51)73-65(45-59)69-61-33-19-36-68-72(61)70(62-34-20-35-67(75-73)71(62)69)66-46-60(44-64(74(66)76-68)52-31-17-6-18-32-52)58-41-55(49-25-11-3-12-26-49)38-56(42-58)50-27-13-4-14-28-50/h1-46H. The summed E-state index contributed by atoms with van der Waals surface area (Å²) in [6.45, 7) is 0. The molecule has 0 amide bonds. The molecule has 0 spiro atoms. The quantitative estimate of drug-likeness (QED) is 0.105. The van der Waals surface area contributed by atoms with Gasteiger partial charge in [-0.3, -0.25) is 0 Å². The molecule has 76 heavy (non-hydrogen) atoms. The number of fused-ring (bicyclic) bond motifs is 6. The van der Waals surface area contributed by atoms with Crippen LogP contribution in [0.5, 0.6) is 0 Å². The lowest BCUT2D eigenvalue weighted by Gasteiger charge is -2.21. The van der Waals surface area contributed by atoms with Gasteiger partial charge in [-0.1, -0.05) is 206 Å². The van der Waals surface area contributed by atoms with Gasteiger partial charge in [-0.25, -0.2) is 0 Å². The summed E-state index contributed by atoms with van der Waals surface area (Å²) in [7, 11) is 0. The minimum Gasteiger partial charge on any atom is -0.135 e. The van der Waals surface area contributed by atoms with E-state index in [9.17, 15) is 0 Å². The molecule has 0 bridgehead atoms. The Hall–Kier alpha value is -9.18. The monoisotopic (exact) mass is 998 g/mol. The Bertz CT molecular complexity index is 4270. The smallest absolute Gasteiger partial charge is 0.0434 e. The van der Waals surface area contributed by atoms with Crippen molar-refractivity contribution < 1.29 is 0 Å². The molecule has 15 rings (SSSR count). The zero-order valence-electron chi connectivity index (χ0n) is 41.4. The molecule has 354 valence electrons. The molecule has 2 aromatic heterocycles. The molecule has 0 radical (unpaired) electrons. The first kappa shape index (κ1) is 44.3. The summed E-state index contributed by atoms with van der Waals surface area (Å²) >= 11 is 3.85. The van der Waals surface area contributed by atoms with Crippen molar-refractivity contribution in [2.45, 2.75) is 0 Å². The van der Waals surface area contributed by atoms with Crippen LogP contribution in [0.1, 0.15) is 0 Å². The molecule has 0 unspecified atom stereocenters. The van der Waals surface area contributed by atoms with E-state index in [1.165, 1.54) is 151 Å². The van der Waals surface area contributed by atoms with Gasteiger partial charge in [0.15, 0.2) is 0 Å². The highest BCUT2D eigenvalue weighted by atomic mass is 32.1. The van der Waals surface area contributed by atoms with Crippen LogP contribution in [0.25, 0.3) is 151 Å². The fraction of sp³-hybridized carbons (Fsp3) is 0. The zero-order chi connectivity index (χ0) is 50.1.